The SMILES string of the molecule is CC.O=C(Nc1cnccc1N1CCNCC1)c1csc(-c2ccc3c(c2)CCO3)n1. The quantitative estimate of drug-likeness (QED) is 0.646. The minimum absolute atomic E-state index is 0.221. The second kappa shape index (κ2) is 9.89. The van der Waals surface area contributed by atoms with Gasteiger partial charge in [0.05, 0.1) is 24.2 Å². The van der Waals surface area contributed by atoms with Crippen LogP contribution in [0.4, 0.5) is 11.4 Å². The van der Waals surface area contributed by atoms with Crippen molar-refractivity contribution in [2.45, 2.75) is 20.3 Å². The smallest absolute Gasteiger partial charge is 0.275 e. The van der Waals surface area contributed by atoms with Gasteiger partial charge in [0.15, 0.2) is 0 Å². The third-order valence-electron chi connectivity index (χ3n) is 5.18. The van der Waals surface area contributed by atoms with Crippen molar-refractivity contribution in [2.24, 2.45) is 0 Å². The second-order valence-electron chi connectivity index (χ2n) is 7.04. The number of benzene rings is 1. The molecule has 4 heterocycles. The normalized spacial score (nSPS) is 14.8. The van der Waals surface area contributed by atoms with Crippen LogP contribution in [0.5, 0.6) is 5.75 Å². The Morgan fingerprint density at radius 1 is 1.23 bits per heavy atom. The van der Waals surface area contributed by atoms with Gasteiger partial charge in [0.2, 0.25) is 0 Å². The number of aromatic nitrogens is 2. The van der Waals surface area contributed by atoms with Crippen LogP contribution in [0.25, 0.3) is 10.6 Å². The fourth-order valence-corrected chi connectivity index (χ4v) is 4.48. The first kappa shape index (κ1) is 21.3. The average Bonchev–Trinajstić information content (AvgIpc) is 3.51. The van der Waals surface area contributed by atoms with E-state index in [9.17, 15) is 4.79 Å². The molecule has 0 unspecified atom stereocenters. The minimum Gasteiger partial charge on any atom is -0.493 e. The number of carbonyl (C=O) groups is 1. The fourth-order valence-electron chi connectivity index (χ4n) is 3.68. The van der Waals surface area contributed by atoms with Gasteiger partial charge in [-0.1, -0.05) is 13.8 Å². The van der Waals surface area contributed by atoms with Crippen molar-refractivity contribution in [3.05, 3.63) is 53.3 Å². The summed E-state index contributed by atoms with van der Waals surface area (Å²) in [6.45, 7) is 8.38. The molecule has 8 heteroatoms. The molecule has 1 amide bonds. The van der Waals surface area contributed by atoms with Crippen LogP contribution < -0.4 is 20.3 Å². The molecule has 2 aromatic heterocycles. The number of amides is 1. The van der Waals surface area contributed by atoms with Gasteiger partial charge in [0.25, 0.3) is 5.91 Å². The number of hydrogen-bond donors (Lipinski definition) is 2. The van der Waals surface area contributed by atoms with Crippen LogP contribution >= 0.6 is 11.3 Å². The molecule has 5 rings (SSSR count). The molecule has 2 aliphatic heterocycles. The summed E-state index contributed by atoms with van der Waals surface area (Å²) in [7, 11) is 0. The lowest BCUT2D eigenvalue weighted by Gasteiger charge is -2.30. The first-order valence-electron chi connectivity index (χ1n) is 10.7. The molecule has 162 valence electrons. The lowest BCUT2D eigenvalue weighted by Crippen LogP contribution is -2.43. The Morgan fingerprint density at radius 2 is 2.06 bits per heavy atom. The molecule has 1 aromatic carbocycles. The van der Waals surface area contributed by atoms with Crippen LogP contribution in [0.1, 0.15) is 29.9 Å². The number of nitrogens with one attached hydrogen (secondary N) is 2. The van der Waals surface area contributed by atoms with Crippen molar-refractivity contribution in [3.63, 3.8) is 0 Å². The molecular formula is C23H27N5O2S. The highest BCUT2D eigenvalue weighted by Gasteiger charge is 2.19. The van der Waals surface area contributed by atoms with Crippen LogP contribution in [0.2, 0.25) is 0 Å². The summed E-state index contributed by atoms with van der Waals surface area (Å²) in [5, 5.41) is 8.97. The molecule has 7 nitrogen and oxygen atoms in total. The maximum atomic E-state index is 12.8. The Labute approximate surface area is 186 Å². The molecule has 2 N–H and O–H groups in total. The number of anilines is 2. The highest BCUT2D eigenvalue weighted by atomic mass is 32.1. The second-order valence-corrected chi connectivity index (χ2v) is 7.90. The summed E-state index contributed by atoms with van der Waals surface area (Å²) in [6.07, 6.45) is 4.37. The average molecular weight is 438 g/mol. The Bertz CT molecular complexity index is 1050. The van der Waals surface area contributed by atoms with Crippen molar-refractivity contribution in [1.82, 2.24) is 15.3 Å². The zero-order chi connectivity index (χ0) is 21.6. The van der Waals surface area contributed by atoms with Gasteiger partial charge in [0, 0.05) is 49.7 Å². The summed E-state index contributed by atoms with van der Waals surface area (Å²) in [6, 6.07) is 8.02. The standard InChI is InChI=1S/C21H21N5O2S.C2H6/c27-20(24-16-12-23-5-3-18(16)26-8-6-22-7-9-26)17-13-29-21(25-17)15-1-2-19-14(11-15)4-10-28-19;1-2/h1-3,5,11-13,22H,4,6-10H2,(H,24,27);1-2H3. The van der Waals surface area contributed by atoms with Gasteiger partial charge < -0.3 is 20.3 Å². The zero-order valence-electron chi connectivity index (χ0n) is 17.9. The van der Waals surface area contributed by atoms with Gasteiger partial charge in [0.1, 0.15) is 16.5 Å². The summed E-state index contributed by atoms with van der Waals surface area (Å²) in [4.78, 5) is 23.8. The Morgan fingerprint density at radius 3 is 2.90 bits per heavy atom. The summed E-state index contributed by atoms with van der Waals surface area (Å²) < 4.78 is 5.57. The van der Waals surface area contributed by atoms with Gasteiger partial charge in [-0.2, -0.15) is 0 Å². The maximum Gasteiger partial charge on any atom is 0.275 e. The molecule has 3 aromatic rings. The Hall–Kier alpha value is -2.97. The molecule has 1 fully saturated rings. The van der Waals surface area contributed by atoms with E-state index >= 15 is 0 Å². The number of piperazine rings is 1. The van der Waals surface area contributed by atoms with Crippen LogP contribution in [-0.2, 0) is 6.42 Å². The van der Waals surface area contributed by atoms with Crippen molar-refractivity contribution < 1.29 is 9.53 Å². The molecular weight excluding hydrogens is 410 g/mol. The van der Waals surface area contributed by atoms with Gasteiger partial charge in [-0.25, -0.2) is 4.98 Å². The highest BCUT2D eigenvalue weighted by molar-refractivity contribution is 7.13. The topological polar surface area (TPSA) is 79.4 Å². The summed E-state index contributed by atoms with van der Waals surface area (Å²) >= 11 is 1.47. The molecule has 0 aliphatic carbocycles. The van der Waals surface area contributed by atoms with E-state index in [0.29, 0.717) is 11.4 Å². The molecule has 1 saturated heterocycles. The number of pyridine rings is 1. The number of carbonyl (C=O) groups excluding carboxylic acids is 1. The number of fused-ring (bicyclic) bond motifs is 1. The van der Waals surface area contributed by atoms with Crippen molar-refractivity contribution in [2.75, 3.05) is 43.0 Å². The van der Waals surface area contributed by atoms with E-state index in [0.717, 1.165) is 61.2 Å². The van der Waals surface area contributed by atoms with E-state index in [2.05, 4.69) is 31.6 Å². The van der Waals surface area contributed by atoms with Gasteiger partial charge in [-0.15, -0.1) is 11.3 Å². The largest absolute Gasteiger partial charge is 0.493 e. The number of hydrogen-bond acceptors (Lipinski definition) is 7. The maximum absolute atomic E-state index is 12.8. The Balaban J connectivity index is 0.00000112. The van der Waals surface area contributed by atoms with Gasteiger partial charge >= 0.3 is 0 Å². The Kier molecular flexibility index (Phi) is 6.79. The van der Waals surface area contributed by atoms with E-state index < -0.39 is 0 Å². The predicted molar refractivity (Wildman–Crippen MR) is 125 cm³/mol. The molecule has 0 atom stereocenters. The first-order chi connectivity index (χ1) is 15.3. The summed E-state index contributed by atoms with van der Waals surface area (Å²) in [5.74, 6) is 0.724. The van der Waals surface area contributed by atoms with Gasteiger partial charge in [-0.3, -0.25) is 9.78 Å². The van der Waals surface area contributed by atoms with Gasteiger partial charge in [-0.05, 0) is 29.8 Å². The monoisotopic (exact) mass is 437 g/mol. The van der Waals surface area contributed by atoms with E-state index in [1.165, 1.54) is 16.9 Å². The van der Waals surface area contributed by atoms with Crippen LogP contribution in [0.3, 0.4) is 0 Å². The van der Waals surface area contributed by atoms with E-state index in [4.69, 9.17) is 4.74 Å². The zero-order valence-corrected chi connectivity index (χ0v) is 18.7. The van der Waals surface area contributed by atoms with E-state index in [1.807, 2.05) is 32.0 Å². The fraction of sp³-hybridized carbons (Fsp3) is 0.348. The van der Waals surface area contributed by atoms with Crippen molar-refractivity contribution >= 4 is 28.6 Å². The van der Waals surface area contributed by atoms with Crippen molar-refractivity contribution in [1.29, 1.82) is 0 Å². The van der Waals surface area contributed by atoms with Crippen LogP contribution in [-0.4, -0.2) is 48.7 Å². The molecule has 0 saturated carbocycles. The van der Waals surface area contributed by atoms with E-state index in [-0.39, 0.29) is 5.91 Å². The van der Waals surface area contributed by atoms with Crippen molar-refractivity contribution in [3.8, 4) is 16.3 Å². The number of ether oxygens (including phenoxy) is 1. The highest BCUT2D eigenvalue weighted by Crippen LogP contribution is 2.32. The molecule has 0 spiro atoms. The first-order valence-corrected chi connectivity index (χ1v) is 11.6. The lowest BCUT2D eigenvalue weighted by atomic mass is 10.1. The third-order valence-corrected chi connectivity index (χ3v) is 6.07. The molecule has 31 heavy (non-hydrogen) atoms. The number of thiazole rings is 1. The predicted octanol–water partition coefficient (Wildman–Crippen LogP) is 3.83. The van der Waals surface area contributed by atoms with Crippen LogP contribution in [0.15, 0.2) is 42.0 Å². The molecule has 0 radical (unpaired) electrons. The summed E-state index contributed by atoms with van der Waals surface area (Å²) in [5.41, 5.74) is 4.32. The van der Waals surface area contributed by atoms with E-state index in [1.54, 1.807) is 17.8 Å². The lowest BCUT2D eigenvalue weighted by molar-refractivity contribution is 0.102. The van der Waals surface area contributed by atoms with Crippen LogP contribution in [0, 0.1) is 0 Å². The molecule has 2 aliphatic rings. The number of nitrogens with zero attached hydrogens (tertiary/aromatic N) is 3. The third kappa shape index (κ3) is 4.70. The number of rotatable bonds is 4. The molecule has 0 bridgehead atoms. The minimum atomic E-state index is -0.221.